The maximum Gasteiger partial charge on any atom is 0.308 e. The summed E-state index contributed by atoms with van der Waals surface area (Å²) in [5, 5.41) is 6.43. The summed E-state index contributed by atoms with van der Waals surface area (Å²) in [6.07, 6.45) is 5.31. The molecule has 1 aliphatic carbocycles. The second-order valence-electron chi connectivity index (χ2n) is 5.83. The van der Waals surface area contributed by atoms with E-state index in [4.69, 9.17) is 4.74 Å². The van der Waals surface area contributed by atoms with E-state index in [-0.39, 0.29) is 42.2 Å². The molecule has 1 aliphatic heterocycles. The van der Waals surface area contributed by atoms with Crippen molar-refractivity contribution >= 4 is 24.3 Å². The number of rotatable bonds is 4. The molecule has 0 aromatic rings. The molecule has 5 nitrogen and oxygen atoms in total. The molecule has 2 fully saturated rings. The molecule has 0 aromatic heterocycles. The van der Waals surface area contributed by atoms with Gasteiger partial charge in [0, 0.05) is 12.0 Å². The zero-order chi connectivity index (χ0) is 14.4. The standard InChI is InChI=1S/C15H26N2O3.ClH/c1-2-20-15(19)12-3-5-13(6-4-12)17-14(18)11-7-9-16-10-8-11;/h11-13,16H,2-10H2,1H3,(H,17,18);1H. The zero-order valence-electron chi connectivity index (χ0n) is 12.7. The number of carbonyl (C=O) groups is 2. The van der Waals surface area contributed by atoms with E-state index >= 15 is 0 Å². The lowest BCUT2D eigenvalue weighted by atomic mass is 9.85. The Morgan fingerprint density at radius 1 is 1.05 bits per heavy atom. The lowest BCUT2D eigenvalue weighted by Gasteiger charge is -2.30. The largest absolute Gasteiger partial charge is 0.466 e. The Morgan fingerprint density at radius 2 is 1.67 bits per heavy atom. The predicted octanol–water partition coefficient (Wildman–Crippen LogP) is 1.65. The Morgan fingerprint density at radius 3 is 2.24 bits per heavy atom. The molecular weight excluding hydrogens is 292 g/mol. The van der Waals surface area contributed by atoms with E-state index in [0.717, 1.165) is 51.6 Å². The molecule has 1 saturated carbocycles. The van der Waals surface area contributed by atoms with Crippen molar-refractivity contribution in [3.63, 3.8) is 0 Å². The number of esters is 1. The monoisotopic (exact) mass is 318 g/mol. The van der Waals surface area contributed by atoms with Gasteiger partial charge in [-0.05, 0) is 58.5 Å². The molecule has 1 heterocycles. The van der Waals surface area contributed by atoms with Crippen molar-refractivity contribution in [3.8, 4) is 0 Å². The highest BCUT2D eigenvalue weighted by atomic mass is 35.5. The van der Waals surface area contributed by atoms with E-state index in [9.17, 15) is 9.59 Å². The summed E-state index contributed by atoms with van der Waals surface area (Å²) < 4.78 is 5.06. The van der Waals surface area contributed by atoms with E-state index in [1.165, 1.54) is 0 Å². The second kappa shape index (κ2) is 9.26. The summed E-state index contributed by atoms with van der Waals surface area (Å²) in [5.74, 6) is 0.322. The van der Waals surface area contributed by atoms with Crippen molar-refractivity contribution in [2.24, 2.45) is 11.8 Å². The smallest absolute Gasteiger partial charge is 0.308 e. The molecule has 122 valence electrons. The van der Waals surface area contributed by atoms with Crippen LogP contribution in [-0.4, -0.2) is 37.6 Å². The normalized spacial score (nSPS) is 26.5. The Labute approximate surface area is 133 Å². The van der Waals surface area contributed by atoms with Gasteiger partial charge in [0.05, 0.1) is 12.5 Å². The van der Waals surface area contributed by atoms with Gasteiger partial charge in [-0.2, -0.15) is 0 Å². The highest BCUT2D eigenvalue weighted by molar-refractivity contribution is 5.85. The third-order valence-corrected chi connectivity index (χ3v) is 4.40. The van der Waals surface area contributed by atoms with Gasteiger partial charge in [-0.25, -0.2) is 0 Å². The fourth-order valence-corrected chi connectivity index (χ4v) is 3.14. The van der Waals surface area contributed by atoms with Crippen molar-refractivity contribution < 1.29 is 14.3 Å². The van der Waals surface area contributed by atoms with E-state index in [1.54, 1.807) is 0 Å². The van der Waals surface area contributed by atoms with Crippen LogP contribution in [-0.2, 0) is 14.3 Å². The van der Waals surface area contributed by atoms with Crippen LogP contribution in [0.4, 0.5) is 0 Å². The first-order valence-electron chi connectivity index (χ1n) is 7.88. The van der Waals surface area contributed by atoms with Crippen molar-refractivity contribution in [3.05, 3.63) is 0 Å². The summed E-state index contributed by atoms with van der Waals surface area (Å²) in [4.78, 5) is 23.8. The number of amides is 1. The third-order valence-electron chi connectivity index (χ3n) is 4.40. The second-order valence-corrected chi connectivity index (χ2v) is 5.83. The SMILES string of the molecule is CCOC(=O)C1CCC(NC(=O)C2CCNCC2)CC1.Cl. The van der Waals surface area contributed by atoms with E-state index in [0.29, 0.717) is 6.61 Å². The molecule has 0 radical (unpaired) electrons. The van der Waals surface area contributed by atoms with E-state index in [1.807, 2.05) is 6.92 Å². The molecular formula is C15H27ClN2O3. The molecule has 1 saturated heterocycles. The van der Waals surface area contributed by atoms with E-state index < -0.39 is 0 Å². The first-order chi connectivity index (χ1) is 9.70. The van der Waals surface area contributed by atoms with Gasteiger partial charge in [-0.1, -0.05) is 0 Å². The molecule has 2 rings (SSSR count). The molecule has 21 heavy (non-hydrogen) atoms. The Balaban J connectivity index is 0.00000220. The molecule has 0 spiro atoms. The molecule has 2 N–H and O–H groups in total. The molecule has 0 atom stereocenters. The van der Waals surface area contributed by atoms with Crippen LogP contribution in [0.5, 0.6) is 0 Å². The van der Waals surface area contributed by atoms with Crippen LogP contribution in [0.15, 0.2) is 0 Å². The molecule has 6 heteroatoms. The minimum absolute atomic E-state index is 0. The minimum atomic E-state index is -0.0735. The van der Waals surface area contributed by atoms with Gasteiger partial charge >= 0.3 is 5.97 Å². The number of ether oxygens (including phenoxy) is 1. The lowest BCUT2D eigenvalue weighted by Crippen LogP contribution is -2.44. The van der Waals surface area contributed by atoms with Crippen LogP contribution < -0.4 is 10.6 Å². The molecule has 0 unspecified atom stereocenters. The fourth-order valence-electron chi connectivity index (χ4n) is 3.14. The van der Waals surface area contributed by atoms with Gasteiger partial charge in [-0.3, -0.25) is 9.59 Å². The number of hydrogen-bond acceptors (Lipinski definition) is 4. The zero-order valence-corrected chi connectivity index (χ0v) is 13.5. The number of hydrogen-bond donors (Lipinski definition) is 2. The van der Waals surface area contributed by atoms with Gasteiger partial charge in [-0.15, -0.1) is 12.4 Å². The Bertz CT molecular complexity index is 338. The van der Waals surface area contributed by atoms with Gasteiger partial charge in [0.1, 0.15) is 0 Å². The highest BCUT2D eigenvalue weighted by Gasteiger charge is 2.29. The average molecular weight is 319 g/mol. The summed E-state index contributed by atoms with van der Waals surface area (Å²) in [6.45, 7) is 4.16. The quantitative estimate of drug-likeness (QED) is 0.773. The summed E-state index contributed by atoms with van der Waals surface area (Å²) in [7, 11) is 0. The van der Waals surface area contributed by atoms with Crippen molar-refractivity contribution in [1.82, 2.24) is 10.6 Å². The molecule has 0 bridgehead atoms. The summed E-state index contributed by atoms with van der Waals surface area (Å²) >= 11 is 0. The average Bonchev–Trinajstić information content (AvgIpc) is 2.49. The Hall–Kier alpha value is -0.810. The van der Waals surface area contributed by atoms with Gasteiger partial charge in [0.2, 0.25) is 5.91 Å². The molecule has 1 amide bonds. The Kier molecular flexibility index (Phi) is 8.04. The number of nitrogens with one attached hydrogen (secondary N) is 2. The highest BCUT2D eigenvalue weighted by Crippen LogP contribution is 2.26. The van der Waals surface area contributed by atoms with Crippen LogP contribution in [0.25, 0.3) is 0 Å². The minimum Gasteiger partial charge on any atom is -0.466 e. The van der Waals surface area contributed by atoms with Crippen LogP contribution in [0, 0.1) is 11.8 Å². The predicted molar refractivity (Wildman–Crippen MR) is 83.4 cm³/mol. The number of halogens is 1. The first-order valence-corrected chi connectivity index (χ1v) is 7.88. The van der Waals surface area contributed by atoms with Crippen molar-refractivity contribution in [2.45, 2.75) is 51.5 Å². The molecule has 0 aromatic carbocycles. The van der Waals surface area contributed by atoms with Crippen LogP contribution in [0.3, 0.4) is 0 Å². The maximum absolute atomic E-state index is 12.2. The van der Waals surface area contributed by atoms with Crippen molar-refractivity contribution in [2.75, 3.05) is 19.7 Å². The van der Waals surface area contributed by atoms with Crippen molar-refractivity contribution in [1.29, 1.82) is 0 Å². The molecule has 2 aliphatic rings. The van der Waals surface area contributed by atoms with E-state index in [2.05, 4.69) is 10.6 Å². The first kappa shape index (κ1) is 18.2. The lowest BCUT2D eigenvalue weighted by molar-refractivity contribution is -0.149. The summed E-state index contributed by atoms with van der Waals surface area (Å²) in [5.41, 5.74) is 0. The third kappa shape index (κ3) is 5.47. The number of piperidine rings is 1. The number of carbonyl (C=O) groups excluding carboxylic acids is 2. The van der Waals surface area contributed by atoms with Gasteiger partial charge in [0.15, 0.2) is 0 Å². The van der Waals surface area contributed by atoms with Crippen LogP contribution >= 0.6 is 12.4 Å². The topological polar surface area (TPSA) is 67.4 Å². The van der Waals surface area contributed by atoms with Gasteiger partial charge < -0.3 is 15.4 Å². The van der Waals surface area contributed by atoms with Crippen LogP contribution in [0.1, 0.15) is 45.4 Å². The maximum atomic E-state index is 12.2. The van der Waals surface area contributed by atoms with Crippen LogP contribution in [0.2, 0.25) is 0 Å². The summed E-state index contributed by atoms with van der Waals surface area (Å²) in [6, 6.07) is 0.239. The fraction of sp³-hybridized carbons (Fsp3) is 0.867. The van der Waals surface area contributed by atoms with Gasteiger partial charge in [0.25, 0.3) is 0 Å².